The average Bonchev–Trinajstić information content (AvgIpc) is 2.27. The van der Waals surface area contributed by atoms with Gasteiger partial charge in [-0.15, -0.1) is 0 Å². The van der Waals surface area contributed by atoms with E-state index in [9.17, 15) is 8.78 Å². The molecule has 5 heteroatoms. The minimum absolute atomic E-state index is 0.0790. The summed E-state index contributed by atoms with van der Waals surface area (Å²) in [4.78, 5) is 0. The van der Waals surface area contributed by atoms with E-state index >= 15 is 0 Å². The first-order chi connectivity index (χ1) is 7.95. The highest BCUT2D eigenvalue weighted by atomic mass is 19.2. The molecule has 96 valence electrons. The van der Waals surface area contributed by atoms with Crippen LogP contribution in [-0.2, 0) is 0 Å². The Bertz CT molecular complexity index is 383. The number of rotatable bonds is 5. The van der Waals surface area contributed by atoms with E-state index in [4.69, 9.17) is 10.8 Å². The summed E-state index contributed by atoms with van der Waals surface area (Å²) in [6, 6.07) is 1.94. The molecule has 0 aliphatic rings. The molecule has 17 heavy (non-hydrogen) atoms. The standard InChI is InChI=1S/C12H18F2N2O/c1-7(2)5-8(6-17)16-12-10(15)4-3-9(13)11(12)14/h3-4,7-8,16-17H,5-6,15H2,1-2H3. The molecule has 1 aromatic carbocycles. The van der Waals surface area contributed by atoms with E-state index in [2.05, 4.69) is 5.32 Å². The van der Waals surface area contributed by atoms with Crippen LogP contribution in [0.25, 0.3) is 0 Å². The molecule has 0 amide bonds. The fourth-order valence-corrected chi connectivity index (χ4v) is 1.66. The Hall–Kier alpha value is -1.36. The summed E-state index contributed by atoms with van der Waals surface area (Å²) >= 11 is 0. The first kappa shape index (κ1) is 13.7. The topological polar surface area (TPSA) is 58.3 Å². The predicted molar refractivity (Wildman–Crippen MR) is 64.7 cm³/mol. The second kappa shape index (κ2) is 5.82. The van der Waals surface area contributed by atoms with Crippen LogP contribution in [0.15, 0.2) is 12.1 Å². The van der Waals surface area contributed by atoms with E-state index in [1.807, 2.05) is 13.8 Å². The van der Waals surface area contributed by atoms with Crippen LogP contribution >= 0.6 is 0 Å². The third-order valence-electron chi connectivity index (χ3n) is 2.45. The Morgan fingerprint density at radius 1 is 1.35 bits per heavy atom. The summed E-state index contributed by atoms with van der Waals surface area (Å²) in [6.07, 6.45) is 0.645. The molecule has 1 unspecified atom stereocenters. The quantitative estimate of drug-likeness (QED) is 0.697. The Balaban J connectivity index is 2.89. The zero-order chi connectivity index (χ0) is 13.0. The molecule has 0 saturated carbocycles. The van der Waals surface area contributed by atoms with Gasteiger partial charge < -0.3 is 16.2 Å². The van der Waals surface area contributed by atoms with Crippen LogP contribution in [0.4, 0.5) is 20.2 Å². The number of aliphatic hydroxyl groups excluding tert-OH is 1. The lowest BCUT2D eigenvalue weighted by Gasteiger charge is -2.21. The van der Waals surface area contributed by atoms with Crippen molar-refractivity contribution in [2.24, 2.45) is 5.92 Å². The molecule has 0 heterocycles. The van der Waals surface area contributed by atoms with Gasteiger partial charge in [0.15, 0.2) is 11.6 Å². The highest BCUT2D eigenvalue weighted by Gasteiger charge is 2.16. The molecule has 0 aromatic heterocycles. The molecule has 0 saturated heterocycles. The first-order valence-electron chi connectivity index (χ1n) is 5.56. The number of nitrogens with one attached hydrogen (secondary N) is 1. The van der Waals surface area contributed by atoms with Crippen LogP contribution in [-0.4, -0.2) is 17.8 Å². The van der Waals surface area contributed by atoms with Crippen LogP contribution in [0, 0.1) is 17.6 Å². The summed E-state index contributed by atoms with van der Waals surface area (Å²) in [5.74, 6) is -1.63. The van der Waals surface area contributed by atoms with Gasteiger partial charge in [0.05, 0.1) is 18.0 Å². The number of benzene rings is 1. The van der Waals surface area contributed by atoms with Gasteiger partial charge >= 0.3 is 0 Å². The molecule has 1 aromatic rings. The Kier molecular flexibility index (Phi) is 4.69. The van der Waals surface area contributed by atoms with Gasteiger partial charge in [-0.3, -0.25) is 0 Å². The maximum Gasteiger partial charge on any atom is 0.183 e. The summed E-state index contributed by atoms with van der Waals surface area (Å²) in [5.41, 5.74) is 5.62. The van der Waals surface area contributed by atoms with Crippen molar-refractivity contribution in [3.63, 3.8) is 0 Å². The molecule has 0 spiro atoms. The minimum atomic E-state index is -1.01. The normalized spacial score (nSPS) is 12.8. The molecule has 4 N–H and O–H groups in total. The summed E-state index contributed by atoms with van der Waals surface area (Å²) in [5, 5.41) is 11.9. The van der Waals surface area contributed by atoms with Gasteiger partial charge in [0.2, 0.25) is 0 Å². The lowest BCUT2D eigenvalue weighted by atomic mass is 10.0. The highest BCUT2D eigenvalue weighted by Crippen LogP contribution is 2.26. The van der Waals surface area contributed by atoms with Crippen LogP contribution in [0.1, 0.15) is 20.3 Å². The number of nitrogen functional groups attached to an aromatic ring is 1. The Morgan fingerprint density at radius 3 is 2.53 bits per heavy atom. The number of hydrogen-bond donors (Lipinski definition) is 3. The van der Waals surface area contributed by atoms with Gasteiger partial charge in [-0.1, -0.05) is 13.8 Å². The van der Waals surface area contributed by atoms with Crippen molar-refractivity contribution >= 4 is 11.4 Å². The van der Waals surface area contributed by atoms with Crippen molar-refractivity contribution in [2.75, 3.05) is 17.7 Å². The highest BCUT2D eigenvalue weighted by molar-refractivity contribution is 5.67. The van der Waals surface area contributed by atoms with E-state index in [1.165, 1.54) is 6.07 Å². The van der Waals surface area contributed by atoms with Crippen LogP contribution in [0.5, 0.6) is 0 Å². The fourth-order valence-electron chi connectivity index (χ4n) is 1.66. The largest absolute Gasteiger partial charge is 0.397 e. The number of aliphatic hydroxyl groups is 1. The van der Waals surface area contributed by atoms with Gasteiger partial charge in [-0.2, -0.15) is 0 Å². The van der Waals surface area contributed by atoms with E-state index in [0.29, 0.717) is 12.3 Å². The molecule has 3 nitrogen and oxygen atoms in total. The Morgan fingerprint density at radius 2 is 2.00 bits per heavy atom. The van der Waals surface area contributed by atoms with Crippen LogP contribution in [0.3, 0.4) is 0 Å². The fraction of sp³-hybridized carbons (Fsp3) is 0.500. The summed E-state index contributed by atoms with van der Waals surface area (Å²) in [6.45, 7) is 3.80. The SMILES string of the molecule is CC(C)CC(CO)Nc1c(N)ccc(F)c1F. The second-order valence-corrected chi connectivity index (χ2v) is 4.48. The second-order valence-electron chi connectivity index (χ2n) is 4.48. The number of halogens is 2. The smallest absolute Gasteiger partial charge is 0.183 e. The van der Waals surface area contributed by atoms with Gasteiger partial charge in [0, 0.05) is 6.04 Å². The Labute approximate surface area is 99.6 Å². The zero-order valence-electron chi connectivity index (χ0n) is 10.0. The molecule has 0 fully saturated rings. The van der Waals surface area contributed by atoms with E-state index in [-0.39, 0.29) is 24.0 Å². The predicted octanol–water partition coefficient (Wildman–Crippen LogP) is 2.37. The molecule has 0 radical (unpaired) electrons. The molecule has 0 aliphatic carbocycles. The van der Waals surface area contributed by atoms with Crippen molar-refractivity contribution in [1.82, 2.24) is 0 Å². The number of nitrogens with two attached hydrogens (primary N) is 1. The number of hydrogen-bond acceptors (Lipinski definition) is 3. The average molecular weight is 244 g/mol. The molecular formula is C12H18F2N2O. The van der Waals surface area contributed by atoms with Crippen molar-refractivity contribution in [3.05, 3.63) is 23.8 Å². The monoisotopic (exact) mass is 244 g/mol. The zero-order valence-corrected chi connectivity index (χ0v) is 10.0. The first-order valence-corrected chi connectivity index (χ1v) is 5.56. The minimum Gasteiger partial charge on any atom is -0.397 e. The van der Waals surface area contributed by atoms with Crippen molar-refractivity contribution in [1.29, 1.82) is 0 Å². The van der Waals surface area contributed by atoms with E-state index < -0.39 is 11.6 Å². The molecular weight excluding hydrogens is 226 g/mol. The van der Waals surface area contributed by atoms with Gasteiger partial charge in [0.25, 0.3) is 0 Å². The van der Waals surface area contributed by atoms with E-state index in [1.54, 1.807) is 0 Å². The lowest BCUT2D eigenvalue weighted by molar-refractivity contribution is 0.259. The maximum absolute atomic E-state index is 13.5. The van der Waals surface area contributed by atoms with Gasteiger partial charge in [-0.05, 0) is 24.5 Å². The third kappa shape index (κ3) is 3.56. The maximum atomic E-state index is 13.5. The van der Waals surface area contributed by atoms with Crippen LogP contribution < -0.4 is 11.1 Å². The molecule has 1 rings (SSSR count). The van der Waals surface area contributed by atoms with Crippen molar-refractivity contribution in [3.8, 4) is 0 Å². The van der Waals surface area contributed by atoms with Gasteiger partial charge in [-0.25, -0.2) is 8.78 Å². The van der Waals surface area contributed by atoms with Crippen molar-refractivity contribution < 1.29 is 13.9 Å². The van der Waals surface area contributed by atoms with Crippen LogP contribution in [0.2, 0.25) is 0 Å². The van der Waals surface area contributed by atoms with Gasteiger partial charge in [0.1, 0.15) is 0 Å². The summed E-state index contributed by atoms with van der Waals surface area (Å²) in [7, 11) is 0. The molecule has 1 atom stereocenters. The lowest BCUT2D eigenvalue weighted by Crippen LogP contribution is -2.26. The third-order valence-corrected chi connectivity index (χ3v) is 2.45. The molecule has 0 bridgehead atoms. The number of anilines is 2. The van der Waals surface area contributed by atoms with E-state index in [0.717, 1.165) is 6.07 Å². The molecule has 0 aliphatic heterocycles. The van der Waals surface area contributed by atoms with Crippen molar-refractivity contribution in [2.45, 2.75) is 26.3 Å². The summed E-state index contributed by atoms with van der Waals surface area (Å²) < 4.78 is 26.5.